The van der Waals surface area contributed by atoms with Gasteiger partial charge in [0.1, 0.15) is 17.2 Å². The highest BCUT2D eigenvalue weighted by Gasteiger charge is 2.23. The number of para-hydroxylation sites is 1. The number of allylic oxidation sites excluding steroid dienone is 4. The number of hydrogen-bond acceptors (Lipinski definition) is 3. The zero-order valence-corrected chi connectivity index (χ0v) is 12.2. The number of benzene rings is 2. The Balaban J connectivity index is 1.82. The van der Waals surface area contributed by atoms with Gasteiger partial charge in [0.2, 0.25) is 5.78 Å². The van der Waals surface area contributed by atoms with Crippen molar-refractivity contribution in [3.05, 3.63) is 75.9 Å². The Kier molecular flexibility index (Phi) is 2.42. The molecule has 3 heteroatoms. The summed E-state index contributed by atoms with van der Waals surface area (Å²) in [5.41, 5.74) is 1.87. The van der Waals surface area contributed by atoms with Gasteiger partial charge in [-0.15, -0.1) is 0 Å². The van der Waals surface area contributed by atoms with Crippen molar-refractivity contribution >= 4 is 17.9 Å². The third-order valence-electron chi connectivity index (χ3n) is 4.27. The van der Waals surface area contributed by atoms with E-state index >= 15 is 0 Å². The summed E-state index contributed by atoms with van der Waals surface area (Å²) in [6.45, 7) is 0. The molecule has 2 aromatic rings. The number of Topliss-reactive ketones (excluding diaryl/α,β-unsaturated/α-hetero) is 1. The molecule has 110 valence electrons. The van der Waals surface area contributed by atoms with E-state index in [9.17, 15) is 4.79 Å². The van der Waals surface area contributed by atoms with Gasteiger partial charge in [-0.1, -0.05) is 30.4 Å². The highest BCUT2D eigenvalue weighted by molar-refractivity contribution is 5.99. The van der Waals surface area contributed by atoms with Gasteiger partial charge < -0.3 is 9.47 Å². The molecule has 3 aliphatic rings. The molecule has 5 rings (SSSR count). The van der Waals surface area contributed by atoms with E-state index in [0.717, 1.165) is 33.1 Å². The van der Waals surface area contributed by atoms with Crippen molar-refractivity contribution in [2.45, 2.75) is 6.42 Å². The molecule has 0 spiro atoms. The molecule has 0 fully saturated rings. The van der Waals surface area contributed by atoms with E-state index in [4.69, 9.17) is 9.47 Å². The molecule has 0 saturated carbocycles. The normalized spacial score (nSPS) is 16.8. The Hall–Kier alpha value is -3.07. The molecule has 0 atom stereocenters. The summed E-state index contributed by atoms with van der Waals surface area (Å²) in [5, 5.41) is 1.94. The van der Waals surface area contributed by atoms with Gasteiger partial charge in [0.25, 0.3) is 0 Å². The van der Waals surface area contributed by atoms with E-state index in [2.05, 4.69) is 6.08 Å². The number of rotatable bonds is 0. The van der Waals surface area contributed by atoms with E-state index in [1.165, 1.54) is 0 Å². The van der Waals surface area contributed by atoms with Crippen LogP contribution in [0.25, 0.3) is 12.2 Å². The van der Waals surface area contributed by atoms with E-state index in [-0.39, 0.29) is 5.78 Å². The monoisotopic (exact) mass is 300 g/mol. The second-order valence-corrected chi connectivity index (χ2v) is 5.73. The minimum atomic E-state index is 0.0210. The molecule has 2 aliphatic heterocycles. The highest BCUT2D eigenvalue weighted by atomic mass is 16.5. The highest BCUT2D eigenvalue weighted by Crippen LogP contribution is 2.29. The fraction of sp³-hybridized carbons (Fsp3) is 0.0500. The summed E-state index contributed by atoms with van der Waals surface area (Å²) in [6, 6.07) is 11.7. The zero-order valence-electron chi connectivity index (χ0n) is 12.2. The molecule has 0 unspecified atom stereocenters. The smallest absolute Gasteiger partial charge is 0.202 e. The summed E-state index contributed by atoms with van der Waals surface area (Å²) in [5.74, 6) is 2.82. The fourth-order valence-electron chi connectivity index (χ4n) is 3.16. The predicted octanol–water partition coefficient (Wildman–Crippen LogP) is 2.58. The Morgan fingerprint density at radius 2 is 1.61 bits per heavy atom. The van der Waals surface area contributed by atoms with Crippen LogP contribution in [0, 0.1) is 0 Å². The summed E-state index contributed by atoms with van der Waals surface area (Å²) in [7, 11) is 0. The molecule has 0 aromatic heterocycles. The number of carbonyl (C=O) groups is 1. The number of carbonyl (C=O) groups excluding carboxylic acids is 1. The van der Waals surface area contributed by atoms with E-state index < -0.39 is 0 Å². The minimum absolute atomic E-state index is 0.0210. The zero-order chi connectivity index (χ0) is 15.4. The molecular weight excluding hydrogens is 288 g/mol. The first-order chi connectivity index (χ1) is 11.3. The lowest BCUT2D eigenvalue weighted by Gasteiger charge is -2.21. The van der Waals surface area contributed by atoms with Gasteiger partial charge in [-0.05, 0) is 30.4 Å². The third kappa shape index (κ3) is 1.80. The SMILES string of the molecule is O=C1CC=CC2=C1Oc1ccc3c(c1=C2)=Cc1ccccc1O3. The van der Waals surface area contributed by atoms with Gasteiger partial charge in [0.15, 0.2) is 5.76 Å². The summed E-state index contributed by atoms with van der Waals surface area (Å²) >= 11 is 0. The summed E-state index contributed by atoms with van der Waals surface area (Å²) in [6.07, 6.45) is 8.32. The van der Waals surface area contributed by atoms with Crippen LogP contribution >= 0.6 is 0 Å². The largest absolute Gasteiger partial charge is 0.456 e. The molecule has 0 radical (unpaired) electrons. The fourth-order valence-corrected chi connectivity index (χ4v) is 3.16. The molecule has 2 aromatic carbocycles. The standard InChI is InChI=1S/C20H12O3/c21-16-6-3-5-13-11-15-14-10-12-4-1-2-7-17(12)22-18(14)8-9-19(15)23-20(13)16/h1-5,7-11H,6H2. The number of ketones is 1. The van der Waals surface area contributed by atoms with Crippen LogP contribution in [0.5, 0.6) is 17.2 Å². The Morgan fingerprint density at radius 1 is 0.826 bits per heavy atom. The molecular formula is C20H12O3. The maximum atomic E-state index is 12.0. The molecule has 0 amide bonds. The molecule has 0 saturated heterocycles. The van der Waals surface area contributed by atoms with E-state index in [1.54, 1.807) is 0 Å². The molecule has 23 heavy (non-hydrogen) atoms. The topological polar surface area (TPSA) is 35.5 Å². The number of hydrogen-bond donors (Lipinski definition) is 0. The number of ether oxygens (including phenoxy) is 2. The van der Waals surface area contributed by atoms with Crippen molar-refractivity contribution < 1.29 is 14.3 Å². The lowest BCUT2D eigenvalue weighted by Crippen LogP contribution is -2.33. The van der Waals surface area contributed by atoms with Crippen LogP contribution in [-0.4, -0.2) is 5.78 Å². The molecule has 3 nitrogen and oxygen atoms in total. The van der Waals surface area contributed by atoms with Crippen molar-refractivity contribution in [1.82, 2.24) is 0 Å². The van der Waals surface area contributed by atoms with E-state index in [1.807, 2.05) is 54.6 Å². The van der Waals surface area contributed by atoms with Gasteiger partial charge >= 0.3 is 0 Å². The molecule has 0 N–H and O–H groups in total. The van der Waals surface area contributed by atoms with Crippen LogP contribution in [0.4, 0.5) is 0 Å². The molecule has 1 aliphatic carbocycles. The Labute approximate surface area is 132 Å². The van der Waals surface area contributed by atoms with Crippen LogP contribution in [0.2, 0.25) is 0 Å². The minimum Gasteiger partial charge on any atom is -0.456 e. The first kappa shape index (κ1) is 12.5. The first-order valence-electron chi connectivity index (χ1n) is 7.55. The van der Waals surface area contributed by atoms with Gasteiger partial charge in [-0.3, -0.25) is 4.79 Å². The summed E-state index contributed by atoms with van der Waals surface area (Å²) < 4.78 is 11.9. The quantitative estimate of drug-likeness (QED) is 0.640. The van der Waals surface area contributed by atoms with Crippen molar-refractivity contribution in [3.63, 3.8) is 0 Å². The van der Waals surface area contributed by atoms with Crippen LogP contribution in [-0.2, 0) is 4.79 Å². The predicted molar refractivity (Wildman–Crippen MR) is 86.7 cm³/mol. The van der Waals surface area contributed by atoms with Crippen molar-refractivity contribution in [3.8, 4) is 17.2 Å². The van der Waals surface area contributed by atoms with Gasteiger partial charge in [-0.2, -0.15) is 0 Å². The third-order valence-corrected chi connectivity index (χ3v) is 4.27. The van der Waals surface area contributed by atoms with Crippen molar-refractivity contribution in [2.24, 2.45) is 0 Å². The van der Waals surface area contributed by atoms with Gasteiger partial charge in [0, 0.05) is 28.0 Å². The molecule has 0 bridgehead atoms. The lowest BCUT2D eigenvalue weighted by molar-refractivity contribution is -0.116. The van der Waals surface area contributed by atoms with Crippen molar-refractivity contribution in [2.75, 3.05) is 0 Å². The van der Waals surface area contributed by atoms with Crippen LogP contribution in [0.15, 0.2) is 59.9 Å². The summed E-state index contributed by atoms with van der Waals surface area (Å²) in [4.78, 5) is 12.0. The van der Waals surface area contributed by atoms with Crippen LogP contribution < -0.4 is 19.9 Å². The average molecular weight is 300 g/mol. The Bertz CT molecular complexity index is 1050. The average Bonchev–Trinajstić information content (AvgIpc) is 2.59. The number of fused-ring (bicyclic) bond motifs is 4. The maximum Gasteiger partial charge on any atom is 0.202 e. The second-order valence-electron chi connectivity index (χ2n) is 5.73. The Morgan fingerprint density at radius 3 is 2.52 bits per heavy atom. The van der Waals surface area contributed by atoms with Gasteiger partial charge in [-0.25, -0.2) is 0 Å². The van der Waals surface area contributed by atoms with Gasteiger partial charge in [0.05, 0.1) is 0 Å². The van der Waals surface area contributed by atoms with Crippen molar-refractivity contribution in [1.29, 1.82) is 0 Å². The van der Waals surface area contributed by atoms with E-state index in [0.29, 0.717) is 17.9 Å². The maximum absolute atomic E-state index is 12.0. The second kappa shape index (κ2) is 4.46. The van der Waals surface area contributed by atoms with Crippen LogP contribution in [0.3, 0.4) is 0 Å². The first-order valence-corrected chi connectivity index (χ1v) is 7.55. The van der Waals surface area contributed by atoms with Crippen LogP contribution in [0.1, 0.15) is 12.0 Å². The lowest BCUT2D eigenvalue weighted by atomic mass is 9.98. The molecule has 2 heterocycles.